The van der Waals surface area contributed by atoms with Gasteiger partial charge in [0.25, 0.3) is 0 Å². The van der Waals surface area contributed by atoms with Crippen molar-refractivity contribution < 1.29 is 6.15 Å². The van der Waals surface area contributed by atoms with Crippen molar-refractivity contribution in [1.29, 1.82) is 0 Å². The van der Waals surface area contributed by atoms with Gasteiger partial charge in [-0.3, -0.25) is 5.09 Å². The molecule has 0 atom stereocenters. The number of nitrogens with one attached hydrogen (secondary N) is 1. The van der Waals surface area contributed by atoms with Crippen LogP contribution in [0.15, 0.2) is 17.1 Å². The molecular weight excluding hydrogens is 300 g/mol. The molecular formula is C10H11ClN8O2. The van der Waals surface area contributed by atoms with E-state index in [1.807, 2.05) is 0 Å². The first-order valence-electron chi connectivity index (χ1n) is 6.30. The maximum absolute atomic E-state index is 12.0. The molecule has 110 valence electrons. The van der Waals surface area contributed by atoms with Crippen LogP contribution in [0.25, 0.3) is 5.82 Å². The summed E-state index contributed by atoms with van der Waals surface area (Å²) in [5.41, 5.74) is 0.0302. The minimum atomic E-state index is -0.434. The number of tetrazole rings is 1. The monoisotopic (exact) mass is 312 g/mol. The molecule has 3 aromatic heterocycles. The van der Waals surface area contributed by atoms with Crippen LogP contribution in [0.5, 0.6) is 5.88 Å². The van der Waals surface area contributed by atoms with Gasteiger partial charge in [0.1, 0.15) is 6.61 Å². The van der Waals surface area contributed by atoms with E-state index in [0.717, 1.165) is 14.5 Å². The SMILES string of the molecule is [3H]n1ccc(OCc2c(Cl)nn(C)c2-n2nnn(C)c2=O)n1. The van der Waals surface area contributed by atoms with E-state index in [1.165, 1.54) is 24.0 Å². The zero-order chi connectivity index (χ0) is 15.9. The Morgan fingerprint density at radius 3 is 2.86 bits per heavy atom. The van der Waals surface area contributed by atoms with Crippen molar-refractivity contribution in [3.63, 3.8) is 0 Å². The van der Waals surface area contributed by atoms with Gasteiger partial charge in [-0.15, -0.1) is 9.78 Å². The molecule has 0 aliphatic carbocycles. The fourth-order valence-corrected chi connectivity index (χ4v) is 2.06. The molecule has 1 N–H and O–H groups in total. The van der Waals surface area contributed by atoms with Crippen LogP contribution in [0.1, 0.15) is 5.56 Å². The molecule has 0 aromatic carbocycles. The highest BCUT2D eigenvalue weighted by atomic mass is 35.5. The summed E-state index contributed by atoms with van der Waals surface area (Å²) in [6.45, 7) is 0.0159. The van der Waals surface area contributed by atoms with Crippen molar-refractivity contribution in [2.75, 3.05) is 0 Å². The Morgan fingerprint density at radius 2 is 2.24 bits per heavy atom. The van der Waals surface area contributed by atoms with E-state index >= 15 is 0 Å². The summed E-state index contributed by atoms with van der Waals surface area (Å²) in [7, 11) is 3.12. The molecule has 21 heavy (non-hydrogen) atoms. The molecule has 11 heteroatoms. The maximum Gasteiger partial charge on any atom is 0.369 e. The predicted octanol–water partition coefficient (Wildman–Crippen LogP) is -0.345. The van der Waals surface area contributed by atoms with E-state index in [0.29, 0.717) is 11.4 Å². The lowest BCUT2D eigenvalue weighted by atomic mass is 10.3. The van der Waals surface area contributed by atoms with E-state index in [1.54, 1.807) is 7.05 Å². The molecule has 0 aliphatic rings. The Labute approximate surface area is 124 Å². The summed E-state index contributed by atoms with van der Waals surface area (Å²) in [6, 6.07) is 1.53. The fourth-order valence-electron chi connectivity index (χ4n) is 1.81. The van der Waals surface area contributed by atoms with Crippen molar-refractivity contribution in [2.45, 2.75) is 6.61 Å². The molecule has 3 aromatic rings. The third kappa shape index (κ3) is 2.29. The molecule has 0 radical (unpaired) electrons. The van der Waals surface area contributed by atoms with Gasteiger partial charge in [-0.2, -0.15) is 9.78 Å². The molecule has 0 amide bonds. The van der Waals surface area contributed by atoms with Gasteiger partial charge in [-0.1, -0.05) is 11.6 Å². The Hall–Kier alpha value is -2.62. The zero-order valence-corrected chi connectivity index (χ0v) is 11.9. The second-order valence-electron chi connectivity index (χ2n) is 4.17. The summed E-state index contributed by atoms with van der Waals surface area (Å²) in [4.78, 5) is 12.0. The lowest BCUT2D eigenvalue weighted by molar-refractivity contribution is 0.292. The van der Waals surface area contributed by atoms with Crippen LogP contribution in [0.4, 0.5) is 0 Å². The summed E-state index contributed by atoms with van der Waals surface area (Å²) in [5, 5.41) is 16.3. The van der Waals surface area contributed by atoms with Crippen LogP contribution in [0, 0.1) is 0 Å². The molecule has 0 aliphatic heterocycles. The molecule has 3 heterocycles. The van der Waals surface area contributed by atoms with E-state index in [4.69, 9.17) is 17.7 Å². The summed E-state index contributed by atoms with van der Waals surface area (Å²) >= 11 is 6.09. The second-order valence-corrected chi connectivity index (χ2v) is 4.53. The van der Waals surface area contributed by atoms with Gasteiger partial charge in [0.05, 0.1) is 5.56 Å². The number of hydrogen-bond donors (Lipinski definition) is 1. The van der Waals surface area contributed by atoms with Gasteiger partial charge >= 0.3 is 5.69 Å². The molecule has 0 bridgehead atoms. The van der Waals surface area contributed by atoms with Crippen molar-refractivity contribution in [2.24, 2.45) is 14.1 Å². The van der Waals surface area contributed by atoms with Crippen LogP contribution in [-0.4, -0.2) is 39.8 Å². The topological polar surface area (TPSA) is 108 Å². The van der Waals surface area contributed by atoms with E-state index < -0.39 is 5.69 Å². The number of nitrogens with zero attached hydrogens (tertiary/aromatic N) is 7. The van der Waals surface area contributed by atoms with Crippen LogP contribution in [-0.2, 0) is 20.7 Å². The molecule has 3 rings (SSSR count). The van der Waals surface area contributed by atoms with E-state index in [-0.39, 0.29) is 17.6 Å². The van der Waals surface area contributed by atoms with Crippen molar-refractivity contribution in [3.8, 4) is 11.7 Å². The third-order valence-corrected chi connectivity index (χ3v) is 3.09. The van der Waals surface area contributed by atoms with Crippen molar-refractivity contribution >= 4 is 11.6 Å². The van der Waals surface area contributed by atoms with E-state index in [9.17, 15) is 4.79 Å². The number of ether oxygens (including phenoxy) is 1. The van der Waals surface area contributed by atoms with Gasteiger partial charge in [-0.05, 0) is 10.4 Å². The zero-order valence-electron chi connectivity index (χ0n) is 12.1. The molecule has 0 unspecified atom stereocenters. The number of aromatic nitrogens is 8. The molecule has 10 nitrogen and oxygen atoms in total. The molecule has 0 saturated carbocycles. The molecule has 0 fully saturated rings. The highest BCUT2D eigenvalue weighted by Crippen LogP contribution is 2.22. The Morgan fingerprint density at radius 1 is 1.43 bits per heavy atom. The Bertz CT molecular complexity index is 878. The molecule has 0 saturated heterocycles. The first-order chi connectivity index (χ1) is 10.5. The lowest BCUT2D eigenvalue weighted by Gasteiger charge is -2.05. The predicted molar refractivity (Wildman–Crippen MR) is 71.3 cm³/mol. The number of halogens is 1. The van der Waals surface area contributed by atoms with Gasteiger partial charge in [0.2, 0.25) is 5.88 Å². The minimum absolute atomic E-state index is 0.0159. The van der Waals surface area contributed by atoms with Crippen LogP contribution in [0.2, 0.25) is 6.56 Å². The summed E-state index contributed by atoms with van der Waals surface area (Å²) in [5.74, 6) is 0.612. The Kier molecular flexibility index (Phi) is 2.92. The number of aryl methyl sites for hydroxylation is 2. The fraction of sp³-hybridized carbons (Fsp3) is 0.300. The number of H-pyrrole nitrogens is 1. The van der Waals surface area contributed by atoms with Gasteiger partial charge in [-0.25, -0.2) is 9.48 Å². The van der Waals surface area contributed by atoms with Crippen molar-refractivity contribution in [3.05, 3.63) is 33.5 Å². The Balaban J connectivity index is 1.97. The van der Waals surface area contributed by atoms with Crippen molar-refractivity contribution in [1.82, 2.24) is 39.8 Å². The number of hydrogen-bond acceptors (Lipinski definition) is 6. The van der Waals surface area contributed by atoms with Crippen LogP contribution < -0.4 is 10.4 Å². The average molecular weight is 313 g/mol. The van der Waals surface area contributed by atoms with Crippen LogP contribution >= 0.6 is 11.6 Å². The standard InChI is InChI=1S/C10H11ClN8O2/c1-17-9(19-10(20)18(2)15-16-19)6(8(11)14-17)5-21-7-3-4-12-13-7/h3-4H,5H2,1-2H3,(H,12,13)/i/hT. The maximum atomic E-state index is 12.0. The quantitative estimate of drug-likeness (QED) is 0.705. The smallest absolute Gasteiger partial charge is 0.369 e. The normalized spacial score (nSPS) is 11.7. The van der Waals surface area contributed by atoms with Gasteiger partial charge < -0.3 is 4.74 Å². The highest BCUT2D eigenvalue weighted by Gasteiger charge is 2.21. The lowest BCUT2D eigenvalue weighted by Crippen LogP contribution is -2.24. The number of aromatic amines is 1. The summed E-state index contributed by atoms with van der Waals surface area (Å²) < 4.78 is 16.3. The highest BCUT2D eigenvalue weighted by molar-refractivity contribution is 6.30. The largest absolute Gasteiger partial charge is 0.471 e. The van der Waals surface area contributed by atoms with E-state index in [2.05, 4.69) is 20.6 Å². The second kappa shape index (κ2) is 5.05. The van der Waals surface area contributed by atoms with Gasteiger partial charge in [0.15, 0.2) is 12.4 Å². The minimum Gasteiger partial charge on any atom is -0.471 e. The first-order valence-corrected chi connectivity index (χ1v) is 6.23. The van der Waals surface area contributed by atoms with Crippen LogP contribution in [0.3, 0.4) is 0 Å². The molecule has 0 spiro atoms. The number of rotatable bonds is 4. The van der Waals surface area contributed by atoms with Gasteiger partial charge in [0, 0.05) is 26.4 Å². The summed E-state index contributed by atoms with van der Waals surface area (Å²) in [6.07, 6.45) is 1.42. The third-order valence-electron chi connectivity index (χ3n) is 2.79. The first kappa shape index (κ1) is 12.1. The average Bonchev–Trinajstić information content (AvgIpc) is 3.09.